The molecule has 82 valence electrons. The maximum atomic E-state index is 11.0. The number of nitrogens with zero attached hydrogens (tertiary/aromatic N) is 1. The molecule has 0 bridgehead atoms. The van der Waals surface area contributed by atoms with E-state index < -0.39 is 6.09 Å². The standard InChI is InChI=1S/C10H13BrN2O2/c1-3-13(10(14)15)8-5-7(11)4-6(2)9(8)12/h4-5H,3,12H2,1-2H3,(H,14,15). The molecule has 1 aromatic carbocycles. The minimum atomic E-state index is -0.998. The molecule has 0 aromatic heterocycles. The molecule has 0 saturated carbocycles. The highest BCUT2D eigenvalue weighted by Gasteiger charge is 2.16. The Balaban J connectivity index is 3.28. The predicted molar refractivity (Wildman–Crippen MR) is 64.3 cm³/mol. The van der Waals surface area contributed by atoms with Gasteiger partial charge in [0.05, 0.1) is 11.4 Å². The van der Waals surface area contributed by atoms with Gasteiger partial charge in [0.15, 0.2) is 0 Å². The molecule has 1 amide bonds. The number of aryl methyl sites for hydroxylation is 1. The highest BCUT2D eigenvalue weighted by atomic mass is 79.9. The second-order valence-corrected chi connectivity index (χ2v) is 4.10. The molecule has 5 heteroatoms. The van der Waals surface area contributed by atoms with E-state index in [4.69, 9.17) is 10.8 Å². The van der Waals surface area contributed by atoms with Gasteiger partial charge in [-0.15, -0.1) is 0 Å². The number of amides is 1. The summed E-state index contributed by atoms with van der Waals surface area (Å²) in [5.74, 6) is 0. The van der Waals surface area contributed by atoms with Gasteiger partial charge in [-0.3, -0.25) is 4.90 Å². The first kappa shape index (κ1) is 11.8. The first-order valence-corrected chi connectivity index (χ1v) is 5.32. The minimum absolute atomic E-state index is 0.370. The zero-order valence-electron chi connectivity index (χ0n) is 8.62. The van der Waals surface area contributed by atoms with Gasteiger partial charge in [-0.1, -0.05) is 15.9 Å². The molecule has 0 spiro atoms. The number of hydrogen-bond acceptors (Lipinski definition) is 2. The summed E-state index contributed by atoms with van der Waals surface area (Å²) in [6.07, 6.45) is -0.998. The number of nitrogen functional groups attached to an aromatic ring is 1. The summed E-state index contributed by atoms with van der Waals surface area (Å²) < 4.78 is 0.823. The maximum Gasteiger partial charge on any atom is 0.411 e. The largest absolute Gasteiger partial charge is 0.465 e. The normalized spacial score (nSPS) is 10.1. The van der Waals surface area contributed by atoms with Crippen molar-refractivity contribution in [2.45, 2.75) is 13.8 Å². The molecule has 0 saturated heterocycles. The fraction of sp³-hybridized carbons (Fsp3) is 0.300. The molecule has 4 nitrogen and oxygen atoms in total. The van der Waals surface area contributed by atoms with Crippen LogP contribution in [0.3, 0.4) is 0 Å². The molecule has 0 atom stereocenters. The van der Waals surface area contributed by atoms with Crippen molar-refractivity contribution in [2.75, 3.05) is 17.2 Å². The quantitative estimate of drug-likeness (QED) is 0.814. The summed E-state index contributed by atoms with van der Waals surface area (Å²) in [5.41, 5.74) is 7.73. The topological polar surface area (TPSA) is 66.6 Å². The maximum absolute atomic E-state index is 11.0. The zero-order valence-corrected chi connectivity index (χ0v) is 10.2. The Bertz CT molecular complexity index is 393. The number of carbonyl (C=O) groups is 1. The van der Waals surface area contributed by atoms with Crippen LogP contribution in [0, 0.1) is 6.92 Å². The van der Waals surface area contributed by atoms with Crippen LogP contribution in [0.15, 0.2) is 16.6 Å². The van der Waals surface area contributed by atoms with Gasteiger partial charge >= 0.3 is 6.09 Å². The van der Waals surface area contributed by atoms with Crippen molar-refractivity contribution in [1.29, 1.82) is 0 Å². The van der Waals surface area contributed by atoms with Gasteiger partial charge in [-0.05, 0) is 31.5 Å². The molecule has 0 fully saturated rings. The van der Waals surface area contributed by atoms with Gasteiger partial charge in [0.25, 0.3) is 0 Å². The van der Waals surface area contributed by atoms with Gasteiger partial charge in [-0.25, -0.2) is 4.79 Å². The first-order chi connectivity index (χ1) is 6.97. The molecule has 3 N–H and O–H groups in total. The second kappa shape index (κ2) is 4.53. The van der Waals surface area contributed by atoms with Gasteiger partial charge in [0.1, 0.15) is 0 Å². The lowest BCUT2D eigenvalue weighted by Gasteiger charge is -2.20. The Hall–Kier alpha value is -1.23. The minimum Gasteiger partial charge on any atom is -0.465 e. The molecule has 0 aliphatic carbocycles. The summed E-state index contributed by atoms with van der Waals surface area (Å²) in [6, 6.07) is 3.56. The van der Waals surface area contributed by atoms with Crippen LogP contribution in [0.25, 0.3) is 0 Å². The summed E-state index contributed by atoms with van der Waals surface area (Å²) in [7, 11) is 0. The fourth-order valence-electron chi connectivity index (χ4n) is 1.37. The van der Waals surface area contributed by atoms with E-state index in [0.29, 0.717) is 17.9 Å². The van der Waals surface area contributed by atoms with E-state index in [2.05, 4.69) is 15.9 Å². The third-order valence-electron chi connectivity index (χ3n) is 2.17. The van der Waals surface area contributed by atoms with Crippen molar-refractivity contribution >= 4 is 33.4 Å². The molecule has 0 aliphatic heterocycles. The lowest BCUT2D eigenvalue weighted by Crippen LogP contribution is -2.29. The lowest BCUT2D eigenvalue weighted by atomic mass is 10.1. The van der Waals surface area contributed by atoms with Crippen molar-refractivity contribution < 1.29 is 9.90 Å². The van der Waals surface area contributed by atoms with Crippen LogP contribution >= 0.6 is 15.9 Å². The van der Waals surface area contributed by atoms with Gasteiger partial charge in [0, 0.05) is 11.0 Å². The van der Waals surface area contributed by atoms with Crippen LogP contribution in [-0.4, -0.2) is 17.7 Å². The Morgan fingerprint density at radius 3 is 2.67 bits per heavy atom. The lowest BCUT2D eigenvalue weighted by molar-refractivity contribution is 0.202. The van der Waals surface area contributed by atoms with Crippen LogP contribution in [0.1, 0.15) is 12.5 Å². The van der Waals surface area contributed by atoms with E-state index in [-0.39, 0.29) is 0 Å². The SMILES string of the molecule is CCN(C(=O)O)c1cc(Br)cc(C)c1N. The Morgan fingerprint density at radius 2 is 2.20 bits per heavy atom. The van der Waals surface area contributed by atoms with E-state index in [1.54, 1.807) is 13.0 Å². The molecular weight excluding hydrogens is 260 g/mol. The van der Waals surface area contributed by atoms with E-state index >= 15 is 0 Å². The van der Waals surface area contributed by atoms with Crippen molar-refractivity contribution in [2.24, 2.45) is 0 Å². The number of rotatable bonds is 2. The van der Waals surface area contributed by atoms with Crippen LogP contribution in [-0.2, 0) is 0 Å². The smallest absolute Gasteiger partial charge is 0.411 e. The molecule has 1 aromatic rings. The fourth-order valence-corrected chi connectivity index (χ4v) is 1.93. The first-order valence-electron chi connectivity index (χ1n) is 4.53. The van der Waals surface area contributed by atoms with Crippen LogP contribution in [0.2, 0.25) is 0 Å². The molecule has 0 heterocycles. The predicted octanol–water partition coefficient (Wildman–Crippen LogP) is 2.84. The van der Waals surface area contributed by atoms with E-state index in [9.17, 15) is 4.79 Å². The Labute approximate surface area is 96.8 Å². The van der Waals surface area contributed by atoms with Crippen LogP contribution in [0.5, 0.6) is 0 Å². The van der Waals surface area contributed by atoms with Crippen LogP contribution in [0.4, 0.5) is 16.2 Å². The second-order valence-electron chi connectivity index (χ2n) is 3.18. The number of halogens is 1. The highest BCUT2D eigenvalue weighted by Crippen LogP contribution is 2.30. The van der Waals surface area contributed by atoms with Crippen molar-refractivity contribution in [3.63, 3.8) is 0 Å². The monoisotopic (exact) mass is 272 g/mol. The molecule has 1 rings (SSSR count). The van der Waals surface area contributed by atoms with Gasteiger partial charge in [-0.2, -0.15) is 0 Å². The van der Waals surface area contributed by atoms with E-state index in [0.717, 1.165) is 10.0 Å². The Kier molecular flexibility index (Phi) is 3.57. The highest BCUT2D eigenvalue weighted by molar-refractivity contribution is 9.10. The molecular formula is C10H13BrN2O2. The third kappa shape index (κ3) is 2.41. The third-order valence-corrected chi connectivity index (χ3v) is 2.63. The van der Waals surface area contributed by atoms with Crippen molar-refractivity contribution in [1.82, 2.24) is 0 Å². The van der Waals surface area contributed by atoms with E-state index in [1.807, 2.05) is 13.0 Å². The van der Waals surface area contributed by atoms with E-state index in [1.165, 1.54) is 4.90 Å². The summed E-state index contributed by atoms with van der Waals surface area (Å²) >= 11 is 3.32. The number of anilines is 2. The number of hydrogen-bond donors (Lipinski definition) is 2. The molecule has 0 aliphatic rings. The van der Waals surface area contributed by atoms with Crippen LogP contribution < -0.4 is 10.6 Å². The molecule has 0 unspecified atom stereocenters. The van der Waals surface area contributed by atoms with Gasteiger partial charge < -0.3 is 10.8 Å². The molecule has 15 heavy (non-hydrogen) atoms. The number of carboxylic acid groups (broad SMARTS) is 1. The van der Waals surface area contributed by atoms with Crippen molar-refractivity contribution in [3.05, 3.63) is 22.2 Å². The number of benzene rings is 1. The molecule has 0 radical (unpaired) electrons. The summed E-state index contributed by atoms with van der Waals surface area (Å²) in [5, 5.41) is 8.99. The summed E-state index contributed by atoms with van der Waals surface area (Å²) in [4.78, 5) is 12.2. The number of nitrogens with two attached hydrogens (primary N) is 1. The summed E-state index contributed by atoms with van der Waals surface area (Å²) in [6.45, 7) is 3.98. The van der Waals surface area contributed by atoms with Gasteiger partial charge in [0.2, 0.25) is 0 Å². The zero-order chi connectivity index (χ0) is 11.6. The Morgan fingerprint density at radius 1 is 1.60 bits per heavy atom. The van der Waals surface area contributed by atoms with Crippen molar-refractivity contribution in [3.8, 4) is 0 Å². The average molecular weight is 273 g/mol. The average Bonchev–Trinajstić information content (AvgIpc) is 2.13.